The van der Waals surface area contributed by atoms with E-state index in [2.05, 4.69) is 39.2 Å². The Morgan fingerprint density at radius 2 is 2.11 bits per heavy atom. The zero-order chi connectivity index (χ0) is 13.7. The van der Waals surface area contributed by atoms with Gasteiger partial charge in [0.2, 0.25) is 0 Å². The Kier molecular flexibility index (Phi) is 4.93. The molecule has 1 aromatic carbocycles. The van der Waals surface area contributed by atoms with Gasteiger partial charge in [0.25, 0.3) is 0 Å². The fourth-order valence-electron chi connectivity index (χ4n) is 1.82. The molecule has 1 aromatic heterocycles. The van der Waals surface area contributed by atoms with Crippen molar-refractivity contribution >= 4 is 15.9 Å². The van der Waals surface area contributed by atoms with Gasteiger partial charge in [0.1, 0.15) is 12.4 Å². The molecule has 1 unspecified atom stereocenters. The van der Waals surface area contributed by atoms with E-state index in [1.165, 1.54) is 0 Å². The van der Waals surface area contributed by atoms with Crippen LogP contribution in [-0.4, -0.2) is 12.0 Å². The van der Waals surface area contributed by atoms with Crippen molar-refractivity contribution in [2.24, 2.45) is 0 Å². The molecule has 0 spiro atoms. The van der Waals surface area contributed by atoms with Gasteiger partial charge >= 0.3 is 0 Å². The molecular formula is C15H17BrN2O. The second kappa shape index (κ2) is 6.68. The van der Waals surface area contributed by atoms with E-state index in [1.54, 1.807) is 6.20 Å². The van der Waals surface area contributed by atoms with E-state index in [0.717, 1.165) is 21.3 Å². The average Bonchev–Trinajstić information content (AvgIpc) is 2.45. The van der Waals surface area contributed by atoms with Crippen LogP contribution in [0.4, 0.5) is 0 Å². The molecule has 1 heterocycles. The van der Waals surface area contributed by atoms with Crippen molar-refractivity contribution in [1.82, 2.24) is 10.3 Å². The summed E-state index contributed by atoms with van der Waals surface area (Å²) < 4.78 is 6.86. The van der Waals surface area contributed by atoms with Crippen LogP contribution >= 0.6 is 15.9 Å². The molecule has 0 fully saturated rings. The van der Waals surface area contributed by atoms with Crippen molar-refractivity contribution in [3.8, 4) is 5.75 Å². The lowest BCUT2D eigenvalue weighted by atomic mass is 10.1. The highest BCUT2D eigenvalue weighted by atomic mass is 79.9. The van der Waals surface area contributed by atoms with Gasteiger partial charge in [-0.15, -0.1) is 0 Å². The van der Waals surface area contributed by atoms with Crippen LogP contribution in [0.3, 0.4) is 0 Å². The molecule has 0 bridgehead atoms. The lowest BCUT2D eigenvalue weighted by Crippen LogP contribution is -2.13. The zero-order valence-electron chi connectivity index (χ0n) is 11.1. The molecule has 3 nitrogen and oxygen atoms in total. The van der Waals surface area contributed by atoms with Crippen molar-refractivity contribution in [3.05, 3.63) is 58.3 Å². The molecule has 4 heteroatoms. The number of nitrogens with one attached hydrogen (secondary N) is 1. The molecule has 0 saturated carbocycles. The van der Waals surface area contributed by atoms with Gasteiger partial charge in [0.05, 0.1) is 0 Å². The minimum absolute atomic E-state index is 0.261. The zero-order valence-corrected chi connectivity index (χ0v) is 12.6. The van der Waals surface area contributed by atoms with Gasteiger partial charge < -0.3 is 10.1 Å². The number of benzene rings is 1. The first-order valence-corrected chi connectivity index (χ1v) is 6.98. The Labute approximate surface area is 122 Å². The lowest BCUT2D eigenvalue weighted by Gasteiger charge is -2.16. The summed E-state index contributed by atoms with van der Waals surface area (Å²) >= 11 is 3.41. The Bertz CT molecular complexity index is 545. The number of ether oxygens (including phenoxy) is 1. The van der Waals surface area contributed by atoms with E-state index in [-0.39, 0.29) is 6.04 Å². The van der Waals surface area contributed by atoms with Crippen LogP contribution in [-0.2, 0) is 6.61 Å². The van der Waals surface area contributed by atoms with Gasteiger partial charge in [-0.25, -0.2) is 0 Å². The number of rotatable bonds is 5. The molecule has 19 heavy (non-hydrogen) atoms. The van der Waals surface area contributed by atoms with E-state index in [9.17, 15) is 0 Å². The first kappa shape index (κ1) is 14.0. The number of aromatic nitrogens is 1. The van der Waals surface area contributed by atoms with Gasteiger partial charge in [-0.1, -0.05) is 18.2 Å². The number of halogens is 1. The molecule has 0 aliphatic carbocycles. The van der Waals surface area contributed by atoms with Crippen LogP contribution in [0.2, 0.25) is 0 Å². The summed E-state index contributed by atoms with van der Waals surface area (Å²) in [6, 6.07) is 10.4. The number of hydrogen-bond acceptors (Lipinski definition) is 3. The summed E-state index contributed by atoms with van der Waals surface area (Å²) in [6.07, 6.45) is 3.58. The largest absolute Gasteiger partial charge is 0.489 e. The number of pyridine rings is 1. The normalized spacial score (nSPS) is 12.2. The molecular weight excluding hydrogens is 304 g/mol. The maximum absolute atomic E-state index is 5.90. The summed E-state index contributed by atoms with van der Waals surface area (Å²) in [6.45, 7) is 2.63. The van der Waals surface area contributed by atoms with Crippen molar-refractivity contribution in [1.29, 1.82) is 0 Å². The molecule has 0 aliphatic rings. The molecule has 0 saturated heterocycles. The topological polar surface area (TPSA) is 34.1 Å². The summed E-state index contributed by atoms with van der Waals surface area (Å²) in [5, 5.41) is 3.23. The molecule has 2 rings (SSSR count). The number of para-hydroxylation sites is 1. The maximum Gasteiger partial charge on any atom is 0.124 e. The minimum atomic E-state index is 0.261. The fourth-order valence-corrected chi connectivity index (χ4v) is 2.23. The van der Waals surface area contributed by atoms with E-state index < -0.39 is 0 Å². The van der Waals surface area contributed by atoms with Crippen LogP contribution in [0.25, 0.3) is 0 Å². The Morgan fingerprint density at radius 3 is 2.84 bits per heavy atom. The van der Waals surface area contributed by atoms with Gasteiger partial charge in [0.15, 0.2) is 0 Å². The van der Waals surface area contributed by atoms with E-state index >= 15 is 0 Å². The van der Waals surface area contributed by atoms with E-state index in [0.29, 0.717) is 6.61 Å². The summed E-state index contributed by atoms with van der Waals surface area (Å²) in [7, 11) is 1.94. The van der Waals surface area contributed by atoms with Gasteiger partial charge in [-0.2, -0.15) is 0 Å². The Balaban J connectivity index is 2.11. The standard InChI is InChI=1S/C15H17BrN2O/c1-11(17-2)14-5-3-4-6-15(14)19-10-12-7-13(16)9-18-8-12/h3-9,11,17H,10H2,1-2H3. The highest BCUT2D eigenvalue weighted by Crippen LogP contribution is 2.25. The molecule has 2 aromatic rings. The highest BCUT2D eigenvalue weighted by Gasteiger charge is 2.09. The maximum atomic E-state index is 5.90. The van der Waals surface area contributed by atoms with Crippen molar-refractivity contribution in [2.75, 3.05) is 7.05 Å². The first-order chi connectivity index (χ1) is 9.20. The van der Waals surface area contributed by atoms with Crippen LogP contribution in [0.5, 0.6) is 5.75 Å². The van der Waals surface area contributed by atoms with Crippen molar-refractivity contribution in [2.45, 2.75) is 19.6 Å². The molecule has 1 atom stereocenters. The van der Waals surface area contributed by atoms with Crippen molar-refractivity contribution < 1.29 is 4.74 Å². The van der Waals surface area contributed by atoms with Crippen LogP contribution < -0.4 is 10.1 Å². The van der Waals surface area contributed by atoms with Crippen LogP contribution in [0, 0.1) is 0 Å². The Hall–Kier alpha value is -1.39. The molecule has 1 N–H and O–H groups in total. The first-order valence-electron chi connectivity index (χ1n) is 6.19. The molecule has 0 radical (unpaired) electrons. The van der Waals surface area contributed by atoms with Crippen molar-refractivity contribution in [3.63, 3.8) is 0 Å². The molecule has 0 aliphatic heterocycles. The van der Waals surface area contributed by atoms with Gasteiger partial charge in [-0.05, 0) is 42.0 Å². The summed E-state index contributed by atoms with van der Waals surface area (Å²) in [5.41, 5.74) is 2.20. The number of nitrogens with zero attached hydrogens (tertiary/aromatic N) is 1. The van der Waals surface area contributed by atoms with E-state index in [4.69, 9.17) is 4.74 Å². The van der Waals surface area contributed by atoms with Gasteiger partial charge in [-0.3, -0.25) is 4.98 Å². The smallest absolute Gasteiger partial charge is 0.124 e. The van der Waals surface area contributed by atoms with Gasteiger partial charge in [0, 0.05) is 34.0 Å². The third-order valence-corrected chi connectivity index (χ3v) is 3.41. The molecule has 100 valence electrons. The number of hydrogen-bond donors (Lipinski definition) is 1. The third-order valence-electron chi connectivity index (χ3n) is 2.97. The predicted molar refractivity (Wildman–Crippen MR) is 80.2 cm³/mol. The fraction of sp³-hybridized carbons (Fsp3) is 0.267. The monoisotopic (exact) mass is 320 g/mol. The SMILES string of the molecule is CNC(C)c1ccccc1OCc1cncc(Br)c1. The summed E-state index contributed by atoms with van der Waals surface area (Å²) in [5.74, 6) is 0.907. The minimum Gasteiger partial charge on any atom is -0.489 e. The third kappa shape index (κ3) is 3.78. The highest BCUT2D eigenvalue weighted by molar-refractivity contribution is 9.10. The Morgan fingerprint density at radius 1 is 1.32 bits per heavy atom. The quantitative estimate of drug-likeness (QED) is 0.912. The second-order valence-electron chi connectivity index (χ2n) is 4.35. The summed E-state index contributed by atoms with van der Waals surface area (Å²) in [4.78, 5) is 4.13. The van der Waals surface area contributed by atoms with E-state index in [1.807, 2.05) is 37.5 Å². The average molecular weight is 321 g/mol. The predicted octanol–water partition coefficient (Wildman–Crippen LogP) is 3.70. The molecule has 0 amide bonds. The second-order valence-corrected chi connectivity index (χ2v) is 5.26. The lowest BCUT2D eigenvalue weighted by molar-refractivity contribution is 0.300. The van der Waals surface area contributed by atoms with Crippen LogP contribution in [0.1, 0.15) is 24.1 Å². The van der Waals surface area contributed by atoms with Crippen LogP contribution in [0.15, 0.2) is 47.2 Å².